The molecule has 0 nitrogen and oxygen atoms in total. The molecule has 0 saturated carbocycles. The predicted octanol–water partition coefficient (Wildman–Crippen LogP) is 6.93. The van der Waals surface area contributed by atoms with Gasteiger partial charge in [0.25, 0.3) is 0 Å². The van der Waals surface area contributed by atoms with Crippen LogP contribution in [0.3, 0.4) is 0 Å². The van der Waals surface area contributed by atoms with Gasteiger partial charge in [0.05, 0.1) is 0 Å². The molecule has 1 rings (SSSR count). The molecule has 0 N–H and O–H groups in total. The number of hydrogen-bond donors (Lipinski definition) is 0. The fraction of sp³-hybridized carbons (Fsp3) is 0.667. The molecule has 108 valence electrons. The van der Waals surface area contributed by atoms with E-state index < -0.39 is 0 Å². The van der Waals surface area contributed by atoms with E-state index in [1.165, 1.54) is 62.7 Å². The van der Waals surface area contributed by atoms with Gasteiger partial charge in [0.2, 0.25) is 0 Å². The van der Waals surface area contributed by atoms with E-state index in [1.807, 2.05) is 11.3 Å². The number of allylic oxidation sites excluding steroid dienone is 1. The molecule has 0 aliphatic rings. The molecule has 0 spiro atoms. The molecular formula is C18H30S. The molecule has 1 unspecified atom stereocenters. The number of thiophene rings is 1. The smallest absolute Gasteiger partial charge is 0.0267 e. The molecular weight excluding hydrogens is 248 g/mol. The molecule has 0 aliphatic heterocycles. The quantitative estimate of drug-likeness (QED) is 0.385. The second-order valence-electron chi connectivity index (χ2n) is 5.48. The second-order valence-corrected chi connectivity index (χ2v) is 6.46. The second kappa shape index (κ2) is 11.3. The van der Waals surface area contributed by atoms with Crippen LogP contribution in [-0.2, 0) is 0 Å². The van der Waals surface area contributed by atoms with Crippen LogP contribution in [0, 0.1) is 5.92 Å². The average Bonchev–Trinajstić information content (AvgIpc) is 2.93. The molecule has 1 atom stereocenters. The Labute approximate surface area is 123 Å². The summed E-state index contributed by atoms with van der Waals surface area (Å²) >= 11 is 1.84. The van der Waals surface area contributed by atoms with Gasteiger partial charge in [-0.05, 0) is 36.3 Å². The van der Waals surface area contributed by atoms with Crippen molar-refractivity contribution in [3.63, 3.8) is 0 Å². The monoisotopic (exact) mass is 278 g/mol. The zero-order chi connectivity index (χ0) is 13.8. The Bertz CT molecular complexity index is 310. The highest BCUT2D eigenvalue weighted by molar-refractivity contribution is 7.10. The highest BCUT2D eigenvalue weighted by Crippen LogP contribution is 2.21. The molecule has 0 bridgehead atoms. The van der Waals surface area contributed by atoms with Crippen LogP contribution >= 0.6 is 11.3 Å². The first-order chi connectivity index (χ1) is 9.36. The summed E-state index contributed by atoms with van der Waals surface area (Å²) in [6, 6.07) is 4.35. The summed E-state index contributed by atoms with van der Waals surface area (Å²) in [7, 11) is 0. The van der Waals surface area contributed by atoms with E-state index in [4.69, 9.17) is 0 Å². The minimum atomic E-state index is 0.797. The summed E-state index contributed by atoms with van der Waals surface area (Å²) < 4.78 is 0. The maximum Gasteiger partial charge on any atom is 0.0267 e. The topological polar surface area (TPSA) is 0 Å². The minimum absolute atomic E-state index is 0.797. The third kappa shape index (κ3) is 8.26. The normalized spacial score (nSPS) is 13.2. The van der Waals surface area contributed by atoms with Gasteiger partial charge in [-0.2, -0.15) is 0 Å². The van der Waals surface area contributed by atoms with Crippen LogP contribution in [0.25, 0.3) is 6.08 Å². The first-order valence-corrected chi connectivity index (χ1v) is 8.96. The van der Waals surface area contributed by atoms with Gasteiger partial charge in [0.1, 0.15) is 0 Å². The maximum atomic E-state index is 2.47. The molecule has 0 saturated heterocycles. The molecule has 1 heteroatoms. The third-order valence-electron chi connectivity index (χ3n) is 3.68. The Morgan fingerprint density at radius 2 is 1.68 bits per heavy atom. The Morgan fingerprint density at radius 3 is 2.32 bits per heavy atom. The lowest BCUT2D eigenvalue weighted by Gasteiger charge is -2.12. The van der Waals surface area contributed by atoms with Gasteiger partial charge in [-0.3, -0.25) is 0 Å². The van der Waals surface area contributed by atoms with Gasteiger partial charge >= 0.3 is 0 Å². The molecule has 0 amide bonds. The Morgan fingerprint density at radius 1 is 1.00 bits per heavy atom. The van der Waals surface area contributed by atoms with Crippen molar-refractivity contribution in [3.05, 3.63) is 28.5 Å². The van der Waals surface area contributed by atoms with Gasteiger partial charge in [0, 0.05) is 4.88 Å². The van der Waals surface area contributed by atoms with E-state index in [9.17, 15) is 0 Å². The van der Waals surface area contributed by atoms with Crippen LogP contribution in [0.5, 0.6) is 0 Å². The van der Waals surface area contributed by atoms with Gasteiger partial charge in [-0.15, -0.1) is 11.3 Å². The fourth-order valence-corrected chi connectivity index (χ4v) is 3.07. The van der Waals surface area contributed by atoms with Crippen LogP contribution in [-0.4, -0.2) is 0 Å². The van der Waals surface area contributed by atoms with Crippen molar-refractivity contribution in [1.82, 2.24) is 0 Å². The summed E-state index contributed by atoms with van der Waals surface area (Å²) in [6.45, 7) is 4.58. The molecule has 1 aromatic rings. The van der Waals surface area contributed by atoms with Crippen LogP contribution in [0.15, 0.2) is 23.6 Å². The summed E-state index contributed by atoms with van der Waals surface area (Å²) in [6.07, 6.45) is 17.2. The number of rotatable bonds is 11. The highest BCUT2D eigenvalue weighted by Gasteiger charge is 2.04. The zero-order valence-corrected chi connectivity index (χ0v) is 13.6. The predicted molar refractivity (Wildman–Crippen MR) is 89.7 cm³/mol. The van der Waals surface area contributed by atoms with Crippen LogP contribution in [0.2, 0.25) is 0 Å². The molecule has 0 aromatic carbocycles. The molecule has 1 aromatic heterocycles. The van der Waals surface area contributed by atoms with Crippen LogP contribution < -0.4 is 0 Å². The lowest BCUT2D eigenvalue weighted by Crippen LogP contribution is -1.97. The van der Waals surface area contributed by atoms with Crippen LogP contribution in [0.4, 0.5) is 0 Å². The van der Waals surface area contributed by atoms with Crippen molar-refractivity contribution in [2.24, 2.45) is 5.92 Å². The maximum absolute atomic E-state index is 2.47. The van der Waals surface area contributed by atoms with Gasteiger partial charge < -0.3 is 0 Å². The summed E-state index contributed by atoms with van der Waals surface area (Å²) in [5, 5.41) is 2.16. The van der Waals surface area contributed by atoms with Crippen LogP contribution in [0.1, 0.15) is 76.5 Å². The van der Waals surface area contributed by atoms with E-state index >= 15 is 0 Å². The Balaban J connectivity index is 2.34. The minimum Gasteiger partial charge on any atom is -0.144 e. The average molecular weight is 279 g/mol. The van der Waals surface area contributed by atoms with E-state index in [2.05, 4.69) is 43.5 Å². The fourth-order valence-electron chi connectivity index (χ4n) is 2.44. The molecule has 0 radical (unpaired) electrons. The molecule has 0 fully saturated rings. The van der Waals surface area contributed by atoms with Crippen molar-refractivity contribution in [2.45, 2.75) is 71.6 Å². The van der Waals surface area contributed by atoms with Gasteiger partial charge in [0.15, 0.2) is 0 Å². The third-order valence-corrected chi connectivity index (χ3v) is 4.52. The van der Waals surface area contributed by atoms with Crippen molar-refractivity contribution in [2.75, 3.05) is 0 Å². The van der Waals surface area contributed by atoms with E-state index in [0.29, 0.717) is 0 Å². The lowest BCUT2D eigenvalue weighted by atomic mass is 9.94. The first-order valence-electron chi connectivity index (χ1n) is 8.08. The number of unbranched alkanes of at least 4 members (excludes halogenated alkanes) is 5. The summed E-state index contributed by atoms with van der Waals surface area (Å²) in [4.78, 5) is 1.40. The van der Waals surface area contributed by atoms with E-state index in [1.54, 1.807) is 0 Å². The Kier molecular flexibility index (Phi) is 9.79. The van der Waals surface area contributed by atoms with E-state index in [0.717, 1.165) is 5.92 Å². The summed E-state index contributed by atoms with van der Waals surface area (Å²) in [5.41, 5.74) is 0. The SMILES string of the molecule is CCCCCCC(/C=C/c1cccs1)CCCCC. The van der Waals surface area contributed by atoms with Crippen molar-refractivity contribution >= 4 is 17.4 Å². The van der Waals surface area contributed by atoms with Gasteiger partial charge in [-0.1, -0.05) is 70.9 Å². The molecule has 1 heterocycles. The highest BCUT2D eigenvalue weighted by atomic mass is 32.1. The van der Waals surface area contributed by atoms with Gasteiger partial charge in [-0.25, -0.2) is 0 Å². The van der Waals surface area contributed by atoms with Crippen molar-refractivity contribution in [1.29, 1.82) is 0 Å². The number of hydrogen-bond acceptors (Lipinski definition) is 1. The van der Waals surface area contributed by atoms with Crippen molar-refractivity contribution < 1.29 is 0 Å². The molecule has 19 heavy (non-hydrogen) atoms. The van der Waals surface area contributed by atoms with Crippen molar-refractivity contribution in [3.8, 4) is 0 Å². The molecule has 0 aliphatic carbocycles. The largest absolute Gasteiger partial charge is 0.144 e. The van der Waals surface area contributed by atoms with E-state index in [-0.39, 0.29) is 0 Å². The standard InChI is InChI=1S/C18H30S/c1-3-5-7-9-12-17(11-8-6-4-2)14-15-18-13-10-16-19-18/h10,13-17H,3-9,11-12H2,1-2H3/b15-14+. The zero-order valence-electron chi connectivity index (χ0n) is 12.7. The Hall–Kier alpha value is -0.560. The summed E-state index contributed by atoms with van der Waals surface area (Å²) in [5.74, 6) is 0.797. The first kappa shape index (κ1) is 16.5. The lowest BCUT2D eigenvalue weighted by molar-refractivity contribution is 0.478.